The molecule has 0 aliphatic rings. The van der Waals surface area contributed by atoms with Gasteiger partial charge < -0.3 is 10.5 Å². The van der Waals surface area contributed by atoms with E-state index in [0.29, 0.717) is 6.54 Å². The van der Waals surface area contributed by atoms with Crippen molar-refractivity contribution in [3.63, 3.8) is 0 Å². The number of nitrogens with two attached hydrogens (primary N) is 1. The van der Waals surface area contributed by atoms with Crippen LogP contribution in [-0.2, 0) is 11.8 Å². The van der Waals surface area contributed by atoms with E-state index in [0.717, 1.165) is 18.4 Å². The van der Waals surface area contributed by atoms with Gasteiger partial charge in [-0.1, -0.05) is 13.3 Å². The predicted molar refractivity (Wildman–Crippen MR) is 60.5 cm³/mol. The number of aromatic nitrogens is 2. The summed E-state index contributed by atoms with van der Waals surface area (Å²) in [4.78, 5) is 0. The maximum atomic E-state index is 5.86. The van der Waals surface area contributed by atoms with Gasteiger partial charge in [-0.2, -0.15) is 5.10 Å². The van der Waals surface area contributed by atoms with Crippen molar-refractivity contribution < 1.29 is 4.74 Å². The van der Waals surface area contributed by atoms with Crippen LogP contribution in [-0.4, -0.2) is 22.4 Å². The first-order valence-electron chi connectivity index (χ1n) is 5.51. The van der Waals surface area contributed by atoms with Crippen LogP contribution in [0.1, 0.15) is 38.4 Å². The molecule has 0 saturated heterocycles. The summed E-state index contributed by atoms with van der Waals surface area (Å²) in [5.74, 6) is 0. The summed E-state index contributed by atoms with van der Waals surface area (Å²) in [6, 6.07) is 0. The van der Waals surface area contributed by atoms with Crippen molar-refractivity contribution in [2.24, 2.45) is 12.8 Å². The Bertz CT molecular complexity index is 285. The molecule has 1 aromatic rings. The largest absolute Gasteiger partial charge is 0.369 e. The average molecular weight is 211 g/mol. The summed E-state index contributed by atoms with van der Waals surface area (Å²) < 4.78 is 7.63. The molecule has 1 heterocycles. The van der Waals surface area contributed by atoms with Gasteiger partial charge in [-0.25, -0.2) is 0 Å². The van der Waals surface area contributed by atoms with Gasteiger partial charge in [-0.15, -0.1) is 0 Å². The average Bonchev–Trinajstić information content (AvgIpc) is 2.61. The van der Waals surface area contributed by atoms with E-state index in [-0.39, 0.29) is 12.2 Å². The Balaban J connectivity index is 2.56. The molecule has 0 amide bonds. The predicted octanol–water partition coefficient (Wildman–Crippen LogP) is 1.63. The minimum Gasteiger partial charge on any atom is -0.369 e. The third-order valence-corrected chi connectivity index (χ3v) is 2.40. The van der Waals surface area contributed by atoms with E-state index in [4.69, 9.17) is 10.5 Å². The van der Waals surface area contributed by atoms with Crippen LogP contribution in [0.5, 0.6) is 0 Å². The quantitative estimate of drug-likeness (QED) is 0.778. The summed E-state index contributed by atoms with van der Waals surface area (Å²) >= 11 is 0. The molecule has 86 valence electrons. The summed E-state index contributed by atoms with van der Waals surface area (Å²) in [5.41, 5.74) is 6.75. The van der Waals surface area contributed by atoms with Gasteiger partial charge in [-0.05, 0) is 13.3 Å². The van der Waals surface area contributed by atoms with E-state index >= 15 is 0 Å². The van der Waals surface area contributed by atoms with Gasteiger partial charge in [0.15, 0.2) is 0 Å². The number of hydrogen-bond acceptors (Lipinski definition) is 3. The van der Waals surface area contributed by atoms with Crippen LogP contribution in [0.15, 0.2) is 12.4 Å². The lowest BCUT2D eigenvalue weighted by Gasteiger charge is -2.19. The molecule has 2 atom stereocenters. The van der Waals surface area contributed by atoms with Crippen molar-refractivity contribution in [2.75, 3.05) is 6.54 Å². The zero-order valence-electron chi connectivity index (χ0n) is 9.81. The Morgan fingerprint density at radius 1 is 1.60 bits per heavy atom. The van der Waals surface area contributed by atoms with Crippen molar-refractivity contribution >= 4 is 0 Å². The summed E-state index contributed by atoms with van der Waals surface area (Å²) in [5, 5.41) is 4.12. The Hall–Kier alpha value is -0.870. The van der Waals surface area contributed by atoms with Gasteiger partial charge in [0.1, 0.15) is 0 Å². The lowest BCUT2D eigenvalue weighted by molar-refractivity contribution is -0.00286. The van der Waals surface area contributed by atoms with E-state index in [1.165, 1.54) is 0 Å². The Labute approximate surface area is 91.4 Å². The lowest BCUT2D eigenvalue weighted by Crippen LogP contribution is -2.20. The fourth-order valence-corrected chi connectivity index (χ4v) is 1.63. The maximum absolute atomic E-state index is 5.86. The van der Waals surface area contributed by atoms with Crippen molar-refractivity contribution in [3.8, 4) is 0 Å². The number of rotatable bonds is 6. The molecule has 0 radical (unpaired) electrons. The Kier molecular flexibility index (Phi) is 4.78. The minimum absolute atomic E-state index is 0.0275. The number of hydrogen-bond donors (Lipinski definition) is 1. The third-order valence-electron chi connectivity index (χ3n) is 2.40. The van der Waals surface area contributed by atoms with Crippen LogP contribution < -0.4 is 5.73 Å². The van der Waals surface area contributed by atoms with Gasteiger partial charge in [0, 0.05) is 25.4 Å². The molecule has 0 aliphatic heterocycles. The molecule has 1 rings (SSSR count). The Morgan fingerprint density at radius 3 is 2.80 bits per heavy atom. The van der Waals surface area contributed by atoms with Gasteiger partial charge in [-0.3, -0.25) is 4.68 Å². The summed E-state index contributed by atoms with van der Waals surface area (Å²) in [7, 11) is 1.90. The van der Waals surface area contributed by atoms with Crippen LogP contribution in [0.2, 0.25) is 0 Å². The van der Waals surface area contributed by atoms with Crippen LogP contribution in [0.25, 0.3) is 0 Å². The second-order valence-electron chi connectivity index (χ2n) is 3.91. The lowest BCUT2D eigenvalue weighted by atomic mass is 10.2. The van der Waals surface area contributed by atoms with Crippen LogP contribution >= 0.6 is 0 Å². The van der Waals surface area contributed by atoms with Gasteiger partial charge in [0.2, 0.25) is 0 Å². The molecule has 4 heteroatoms. The fraction of sp³-hybridized carbons (Fsp3) is 0.727. The highest BCUT2D eigenvalue weighted by molar-refractivity contribution is 5.08. The fourth-order valence-electron chi connectivity index (χ4n) is 1.63. The molecule has 0 saturated carbocycles. The van der Waals surface area contributed by atoms with Gasteiger partial charge in [0.25, 0.3) is 0 Å². The smallest absolute Gasteiger partial charge is 0.0980 e. The van der Waals surface area contributed by atoms with Crippen molar-refractivity contribution in [1.82, 2.24) is 9.78 Å². The molecule has 4 nitrogen and oxygen atoms in total. The van der Waals surface area contributed by atoms with Crippen molar-refractivity contribution in [2.45, 2.75) is 38.9 Å². The Morgan fingerprint density at radius 2 is 2.33 bits per heavy atom. The zero-order chi connectivity index (χ0) is 11.3. The first kappa shape index (κ1) is 12.2. The van der Waals surface area contributed by atoms with Crippen LogP contribution in [0, 0.1) is 0 Å². The number of nitrogens with zero attached hydrogens (tertiary/aromatic N) is 2. The van der Waals surface area contributed by atoms with Crippen LogP contribution in [0.4, 0.5) is 0 Å². The second-order valence-corrected chi connectivity index (χ2v) is 3.91. The molecular formula is C11H21N3O. The van der Waals surface area contributed by atoms with Crippen LogP contribution in [0.3, 0.4) is 0 Å². The highest BCUT2D eigenvalue weighted by Crippen LogP contribution is 2.18. The molecule has 0 aliphatic carbocycles. The first-order valence-corrected chi connectivity index (χ1v) is 5.51. The minimum atomic E-state index is -0.0275. The molecule has 15 heavy (non-hydrogen) atoms. The highest BCUT2D eigenvalue weighted by Gasteiger charge is 2.14. The van der Waals surface area contributed by atoms with Gasteiger partial charge in [0.05, 0.1) is 18.4 Å². The van der Waals surface area contributed by atoms with E-state index in [1.54, 1.807) is 4.68 Å². The standard InChI is InChI=1S/C11H21N3O/c1-4-5-9(2)15-11(6-12)10-7-13-14(3)8-10/h7-9,11H,4-6,12H2,1-3H3. The summed E-state index contributed by atoms with van der Waals surface area (Å²) in [6.45, 7) is 4.74. The molecule has 1 aromatic heterocycles. The molecule has 0 fully saturated rings. The topological polar surface area (TPSA) is 53.1 Å². The van der Waals surface area contributed by atoms with E-state index in [2.05, 4.69) is 18.9 Å². The molecule has 2 N–H and O–H groups in total. The normalized spacial score (nSPS) is 15.2. The van der Waals surface area contributed by atoms with E-state index < -0.39 is 0 Å². The molecule has 2 unspecified atom stereocenters. The summed E-state index contributed by atoms with van der Waals surface area (Å²) in [6.07, 6.45) is 6.19. The van der Waals surface area contributed by atoms with Gasteiger partial charge >= 0.3 is 0 Å². The van der Waals surface area contributed by atoms with E-state index in [1.807, 2.05) is 19.4 Å². The van der Waals surface area contributed by atoms with E-state index in [9.17, 15) is 0 Å². The first-order chi connectivity index (χ1) is 7.17. The maximum Gasteiger partial charge on any atom is 0.0980 e. The SMILES string of the molecule is CCCC(C)OC(CN)c1cnn(C)c1. The second kappa shape index (κ2) is 5.88. The highest BCUT2D eigenvalue weighted by atomic mass is 16.5. The number of aryl methyl sites for hydroxylation is 1. The van der Waals surface area contributed by atoms with Crippen molar-refractivity contribution in [3.05, 3.63) is 18.0 Å². The molecule has 0 aromatic carbocycles. The molecule has 0 spiro atoms. The van der Waals surface area contributed by atoms with Crippen molar-refractivity contribution in [1.29, 1.82) is 0 Å². The third kappa shape index (κ3) is 3.64. The molecular weight excluding hydrogens is 190 g/mol. The molecule has 0 bridgehead atoms. The zero-order valence-corrected chi connectivity index (χ0v) is 9.81. The monoisotopic (exact) mass is 211 g/mol. The number of ether oxygens (including phenoxy) is 1.